The Kier molecular flexibility index (Phi) is 5.06. The lowest BCUT2D eigenvalue weighted by molar-refractivity contribution is -0.121. The van der Waals surface area contributed by atoms with Gasteiger partial charge in [0.25, 0.3) is 0 Å². The molecule has 1 amide bonds. The second-order valence-electron chi connectivity index (χ2n) is 5.04. The van der Waals surface area contributed by atoms with Crippen molar-refractivity contribution in [2.24, 2.45) is 5.73 Å². The van der Waals surface area contributed by atoms with E-state index in [1.807, 2.05) is 31.2 Å². The maximum Gasteiger partial charge on any atom is 0.224 e. The Balaban J connectivity index is 1.93. The summed E-state index contributed by atoms with van der Waals surface area (Å²) in [6, 6.07) is 13.7. The molecule has 4 heteroatoms. The van der Waals surface area contributed by atoms with Gasteiger partial charge in [0.15, 0.2) is 0 Å². The minimum absolute atomic E-state index is 0.0789. The van der Waals surface area contributed by atoms with Crippen molar-refractivity contribution in [3.05, 3.63) is 71.0 Å². The number of carbonyl (C=O) groups excluding carboxylic acids is 1. The number of hydrogen-bond acceptors (Lipinski definition) is 2. The zero-order valence-electron chi connectivity index (χ0n) is 12.0. The largest absolute Gasteiger partial charge is 0.349 e. The van der Waals surface area contributed by atoms with E-state index < -0.39 is 0 Å². The Morgan fingerprint density at radius 1 is 1.10 bits per heavy atom. The van der Waals surface area contributed by atoms with Gasteiger partial charge in [0.1, 0.15) is 5.82 Å². The quantitative estimate of drug-likeness (QED) is 0.888. The van der Waals surface area contributed by atoms with Crippen LogP contribution in [0.2, 0.25) is 0 Å². The minimum Gasteiger partial charge on any atom is -0.349 e. The molecule has 0 spiro atoms. The van der Waals surface area contributed by atoms with Gasteiger partial charge in [-0.3, -0.25) is 4.79 Å². The number of benzene rings is 2. The van der Waals surface area contributed by atoms with Crippen LogP contribution in [0.1, 0.15) is 29.7 Å². The third kappa shape index (κ3) is 4.39. The molecule has 2 rings (SSSR count). The van der Waals surface area contributed by atoms with Crippen LogP contribution in [0.3, 0.4) is 0 Å². The molecule has 0 aliphatic rings. The molecule has 0 bridgehead atoms. The van der Waals surface area contributed by atoms with Crippen molar-refractivity contribution < 1.29 is 9.18 Å². The fourth-order valence-corrected chi connectivity index (χ4v) is 2.11. The number of rotatable bonds is 5. The van der Waals surface area contributed by atoms with Crippen molar-refractivity contribution in [3.63, 3.8) is 0 Å². The zero-order valence-corrected chi connectivity index (χ0v) is 12.0. The molecule has 1 atom stereocenters. The zero-order chi connectivity index (χ0) is 15.2. The first-order valence-electron chi connectivity index (χ1n) is 6.91. The van der Waals surface area contributed by atoms with Crippen LogP contribution >= 0.6 is 0 Å². The van der Waals surface area contributed by atoms with Gasteiger partial charge in [0, 0.05) is 6.54 Å². The van der Waals surface area contributed by atoms with Crippen molar-refractivity contribution >= 4 is 5.91 Å². The summed E-state index contributed by atoms with van der Waals surface area (Å²) in [5.74, 6) is -0.385. The van der Waals surface area contributed by atoms with Crippen LogP contribution < -0.4 is 11.1 Å². The lowest BCUT2D eigenvalue weighted by atomic mass is 10.1. The van der Waals surface area contributed by atoms with E-state index in [1.54, 1.807) is 12.1 Å². The van der Waals surface area contributed by atoms with Gasteiger partial charge in [0.2, 0.25) is 5.91 Å². The highest BCUT2D eigenvalue weighted by atomic mass is 19.1. The molecule has 2 aromatic carbocycles. The smallest absolute Gasteiger partial charge is 0.224 e. The molecular formula is C17H19FN2O. The molecule has 0 saturated carbocycles. The van der Waals surface area contributed by atoms with Gasteiger partial charge in [-0.1, -0.05) is 36.4 Å². The van der Waals surface area contributed by atoms with Crippen LogP contribution in [0.5, 0.6) is 0 Å². The number of nitrogens with two attached hydrogens (primary N) is 1. The van der Waals surface area contributed by atoms with Gasteiger partial charge in [-0.05, 0) is 35.7 Å². The molecule has 0 aliphatic heterocycles. The fourth-order valence-electron chi connectivity index (χ4n) is 2.11. The van der Waals surface area contributed by atoms with Crippen LogP contribution in [-0.2, 0) is 17.8 Å². The summed E-state index contributed by atoms with van der Waals surface area (Å²) < 4.78 is 12.8. The van der Waals surface area contributed by atoms with Crippen molar-refractivity contribution in [3.8, 4) is 0 Å². The van der Waals surface area contributed by atoms with Crippen LogP contribution in [0.15, 0.2) is 48.5 Å². The highest BCUT2D eigenvalue weighted by molar-refractivity contribution is 5.79. The summed E-state index contributed by atoms with van der Waals surface area (Å²) in [5, 5.41) is 2.93. The lowest BCUT2D eigenvalue weighted by Crippen LogP contribution is -2.28. The SMILES string of the molecule is CC(NC(=O)Cc1ccc(F)cc1)c1ccc(CN)cc1. The van der Waals surface area contributed by atoms with Crippen LogP contribution in [0.4, 0.5) is 4.39 Å². The van der Waals surface area contributed by atoms with E-state index in [4.69, 9.17) is 5.73 Å². The third-order valence-electron chi connectivity index (χ3n) is 3.37. The summed E-state index contributed by atoms with van der Waals surface area (Å²) >= 11 is 0. The highest BCUT2D eigenvalue weighted by Gasteiger charge is 2.10. The van der Waals surface area contributed by atoms with E-state index in [1.165, 1.54) is 12.1 Å². The Labute approximate surface area is 124 Å². The van der Waals surface area contributed by atoms with Crippen molar-refractivity contribution in [1.29, 1.82) is 0 Å². The third-order valence-corrected chi connectivity index (χ3v) is 3.37. The van der Waals surface area contributed by atoms with Gasteiger partial charge in [0.05, 0.1) is 12.5 Å². The van der Waals surface area contributed by atoms with Crippen molar-refractivity contribution in [2.75, 3.05) is 0 Å². The molecule has 0 heterocycles. The Bertz CT molecular complexity index is 593. The minimum atomic E-state index is -0.299. The van der Waals surface area contributed by atoms with Crippen molar-refractivity contribution in [1.82, 2.24) is 5.32 Å². The van der Waals surface area contributed by atoms with E-state index in [9.17, 15) is 9.18 Å². The average Bonchev–Trinajstić information content (AvgIpc) is 2.49. The monoisotopic (exact) mass is 286 g/mol. The summed E-state index contributed by atoms with van der Waals surface area (Å²) in [6.45, 7) is 2.44. The van der Waals surface area contributed by atoms with Gasteiger partial charge in [-0.25, -0.2) is 4.39 Å². The van der Waals surface area contributed by atoms with E-state index in [2.05, 4.69) is 5.32 Å². The molecule has 0 saturated heterocycles. The normalized spacial score (nSPS) is 12.0. The van der Waals surface area contributed by atoms with E-state index in [0.29, 0.717) is 6.54 Å². The van der Waals surface area contributed by atoms with E-state index in [-0.39, 0.29) is 24.2 Å². The molecule has 0 fully saturated rings. The van der Waals surface area contributed by atoms with Crippen LogP contribution in [-0.4, -0.2) is 5.91 Å². The Hall–Kier alpha value is -2.20. The van der Waals surface area contributed by atoms with E-state index in [0.717, 1.165) is 16.7 Å². The lowest BCUT2D eigenvalue weighted by Gasteiger charge is -2.15. The standard InChI is InChI=1S/C17H19FN2O/c1-12(15-6-2-14(11-19)3-7-15)20-17(21)10-13-4-8-16(18)9-5-13/h2-9,12H,10-11,19H2,1H3,(H,20,21). The number of amides is 1. The van der Waals surface area contributed by atoms with Gasteiger partial charge in [-0.15, -0.1) is 0 Å². The molecule has 2 aromatic rings. The number of hydrogen-bond donors (Lipinski definition) is 2. The molecule has 0 aliphatic carbocycles. The molecule has 1 unspecified atom stereocenters. The Morgan fingerprint density at radius 3 is 2.24 bits per heavy atom. The van der Waals surface area contributed by atoms with Gasteiger partial charge in [-0.2, -0.15) is 0 Å². The maximum atomic E-state index is 12.8. The van der Waals surface area contributed by atoms with Crippen molar-refractivity contribution in [2.45, 2.75) is 25.9 Å². The predicted octanol–water partition coefficient (Wildman–Crippen LogP) is 2.70. The number of halogens is 1. The molecule has 110 valence electrons. The van der Waals surface area contributed by atoms with E-state index >= 15 is 0 Å². The summed E-state index contributed by atoms with van der Waals surface area (Å²) in [5.41, 5.74) is 8.43. The first kappa shape index (κ1) is 15.2. The second kappa shape index (κ2) is 6.99. The fraction of sp³-hybridized carbons (Fsp3) is 0.235. The molecular weight excluding hydrogens is 267 g/mol. The Morgan fingerprint density at radius 2 is 1.67 bits per heavy atom. The maximum absolute atomic E-state index is 12.8. The molecule has 3 nitrogen and oxygen atoms in total. The first-order chi connectivity index (χ1) is 10.1. The van der Waals surface area contributed by atoms with Gasteiger partial charge < -0.3 is 11.1 Å². The summed E-state index contributed by atoms with van der Waals surface area (Å²) in [4.78, 5) is 12.0. The molecule has 3 N–H and O–H groups in total. The molecule has 0 aromatic heterocycles. The topological polar surface area (TPSA) is 55.1 Å². The predicted molar refractivity (Wildman–Crippen MR) is 81.0 cm³/mol. The van der Waals surface area contributed by atoms with Gasteiger partial charge >= 0.3 is 0 Å². The summed E-state index contributed by atoms with van der Waals surface area (Å²) in [6.07, 6.45) is 0.242. The first-order valence-corrected chi connectivity index (χ1v) is 6.91. The molecule has 21 heavy (non-hydrogen) atoms. The van der Waals surface area contributed by atoms with Crippen LogP contribution in [0.25, 0.3) is 0 Å². The number of carbonyl (C=O) groups is 1. The number of nitrogens with one attached hydrogen (secondary N) is 1. The molecule has 0 radical (unpaired) electrons. The second-order valence-corrected chi connectivity index (χ2v) is 5.04. The average molecular weight is 286 g/mol. The van der Waals surface area contributed by atoms with Crippen LogP contribution in [0, 0.1) is 5.82 Å². The highest BCUT2D eigenvalue weighted by Crippen LogP contribution is 2.13. The summed E-state index contributed by atoms with van der Waals surface area (Å²) in [7, 11) is 0.